The number of esters is 1. The molecule has 0 saturated heterocycles. The first kappa shape index (κ1) is 18.9. The molecule has 2 atom stereocenters. The van der Waals surface area contributed by atoms with Crippen molar-refractivity contribution in [2.45, 2.75) is 18.8 Å². The number of ether oxygens (including phenoxy) is 2. The van der Waals surface area contributed by atoms with Crippen LogP contribution in [0.25, 0.3) is 0 Å². The fourth-order valence-corrected chi connectivity index (χ4v) is 2.96. The fourth-order valence-electron chi connectivity index (χ4n) is 1.99. The zero-order valence-electron chi connectivity index (χ0n) is 13.5. The van der Waals surface area contributed by atoms with E-state index < -0.39 is 24.3 Å². The molecular formula is C17H19NO6S. The van der Waals surface area contributed by atoms with Gasteiger partial charge in [-0.3, -0.25) is 0 Å². The molecule has 1 heterocycles. The van der Waals surface area contributed by atoms with Gasteiger partial charge in [0.2, 0.25) is 0 Å². The van der Waals surface area contributed by atoms with E-state index in [4.69, 9.17) is 4.74 Å². The predicted octanol–water partition coefficient (Wildman–Crippen LogP) is 1.86. The number of aliphatic hydroxyl groups is 2. The lowest BCUT2D eigenvalue weighted by Gasteiger charge is -2.17. The largest absolute Gasteiger partial charge is 0.465 e. The van der Waals surface area contributed by atoms with Crippen LogP contribution in [0.2, 0.25) is 0 Å². The van der Waals surface area contributed by atoms with Crippen LogP contribution in [0, 0.1) is 0 Å². The van der Waals surface area contributed by atoms with Crippen LogP contribution in [0.15, 0.2) is 42.5 Å². The molecule has 8 heteroatoms. The lowest BCUT2D eigenvalue weighted by atomic mass is 10.1. The summed E-state index contributed by atoms with van der Waals surface area (Å²) in [5, 5.41) is 22.5. The van der Waals surface area contributed by atoms with Gasteiger partial charge in [-0.15, -0.1) is 11.3 Å². The smallest absolute Gasteiger partial charge is 0.407 e. The van der Waals surface area contributed by atoms with E-state index in [0.29, 0.717) is 9.75 Å². The molecule has 7 nitrogen and oxygen atoms in total. The SMILES string of the molecule is COC(=O)c1ccc(C(O)C(O)CNC(=O)OCc2ccccc2)s1. The van der Waals surface area contributed by atoms with Gasteiger partial charge in [0, 0.05) is 11.4 Å². The lowest BCUT2D eigenvalue weighted by molar-refractivity contribution is 0.0205. The van der Waals surface area contributed by atoms with Gasteiger partial charge in [-0.25, -0.2) is 9.59 Å². The zero-order chi connectivity index (χ0) is 18.2. The van der Waals surface area contributed by atoms with Gasteiger partial charge in [0.25, 0.3) is 0 Å². The second-order valence-corrected chi connectivity index (χ2v) is 6.26. The van der Waals surface area contributed by atoms with Crippen molar-refractivity contribution >= 4 is 23.4 Å². The second kappa shape index (κ2) is 9.16. The molecule has 0 aliphatic rings. The van der Waals surface area contributed by atoms with Crippen molar-refractivity contribution in [2.24, 2.45) is 0 Å². The van der Waals surface area contributed by atoms with Crippen molar-refractivity contribution in [3.8, 4) is 0 Å². The lowest BCUT2D eigenvalue weighted by Crippen LogP contribution is -2.35. The maximum Gasteiger partial charge on any atom is 0.407 e. The Morgan fingerprint density at radius 1 is 1.16 bits per heavy atom. The van der Waals surface area contributed by atoms with E-state index in [0.717, 1.165) is 16.9 Å². The van der Waals surface area contributed by atoms with Gasteiger partial charge in [-0.05, 0) is 17.7 Å². The first-order chi connectivity index (χ1) is 12.0. The normalized spacial score (nSPS) is 12.9. The maximum atomic E-state index is 11.6. The number of nitrogens with one attached hydrogen (secondary N) is 1. The molecule has 134 valence electrons. The molecule has 0 radical (unpaired) electrons. The van der Waals surface area contributed by atoms with Gasteiger partial charge in [0.1, 0.15) is 23.7 Å². The molecule has 2 rings (SSSR count). The van der Waals surface area contributed by atoms with Crippen molar-refractivity contribution < 1.29 is 29.3 Å². The Kier molecular flexibility index (Phi) is 6.93. The van der Waals surface area contributed by atoms with E-state index in [1.165, 1.54) is 19.2 Å². The number of benzene rings is 1. The minimum absolute atomic E-state index is 0.110. The third kappa shape index (κ3) is 5.56. The Morgan fingerprint density at radius 3 is 2.56 bits per heavy atom. The van der Waals surface area contributed by atoms with Crippen LogP contribution in [0.3, 0.4) is 0 Å². The summed E-state index contributed by atoms with van der Waals surface area (Å²) in [5.74, 6) is -0.513. The second-order valence-electron chi connectivity index (χ2n) is 5.15. The summed E-state index contributed by atoms with van der Waals surface area (Å²) in [6.07, 6.45) is -3.18. The number of amides is 1. The van der Waals surface area contributed by atoms with Gasteiger partial charge >= 0.3 is 12.1 Å². The van der Waals surface area contributed by atoms with Crippen molar-refractivity contribution in [2.75, 3.05) is 13.7 Å². The first-order valence-electron chi connectivity index (χ1n) is 7.50. The van der Waals surface area contributed by atoms with Crippen LogP contribution in [0.5, 0.6) is 0 Å². The van der Waals surface area contributed by atoms with E-state index in [1.54, 1.807) is 0 Å². The summed E-state index contributed by atoms with van der Waals surface area (Å²) in [6.45, 7) is -0.0843. The number of carbonyl (C=O) groups excluding carboxylic acids is 2. The van der Waals surface area contributed by atoms with Crippen LogP contribution >= 0.6 is 11.3 Å². The molecule has 0 saturated carbocycles. The average Bonchev–Trinajstić information content (AvgIpc) is 3.14. The molecule has 25 heavy (non-hydrogen) atoms. The molecule has 3 N–H and O–H groups in total. The number of aliphatic hydroxyl groups excluding tert-OH is 2. The highest BCUT2D eigenvalue weighted by atomic mass is 32.1. The minimum Gasteiger partial charge on any atom is -0.465 e. The molecule has 0 spiro atoms. The molecule has 1 amide bonds. The summed E-state index contributed by atoms with van der Waals surface area (Å²) in [7, 11) is 1.26. The van der Waals surface area contributed by atoms with E-state index in [9.17, 15) is 19.8 Å². The highest BCUT2D eigenvalue weighted by Crippen LogP contribution is 2.26. The maximum absolute atomic E-state index is 11.6. The third-order valence-corrected chi connectivity index (χ3v) is 4.47. The van der Waals surface area contributed by atoms with Gasteiger partial charge in [-0.2, -0.15) is 0 Å². The van der Waals surface area contributed by atoms with Gasteiger partial charge in [0.05, 0.1) is 7.11 Å². The predicted molar refractivity (Wildman–Crippen MR) is 91.3 cm³/mol. The highest BCUT2D eigenvalue weighted by molar-refractivity contribution is 7.14. The van der Waals surface area contributed by atoms with Crippen molar-refractivity contribution in [1.82, 2.24) is 5.32 Å². The number of rotatable bonds is 7. The van der Waals surface area contributed by atoms with E-state index in [1.807, 2.05) is 30.3 Å². The topological polar surface area (TPSA) is 105 Å². The molecule has 0 aliphatic carbocycles. The molecule has 2 unspecified atom stereocenters. The summed E-state index contributed by atoms with van der Waals surface area (Å²) in [4.78, 5) is 23.7. The van der Waals surface area contributed by atoms with Crippen LogP contribution in [-0.4, -0.2) is 42.0 Å². The van der Waals surface area contributed by atoms with Crippen LogP contribution in [0.1, 0.15) is 26.2 Å². The molecular weight excluding hydrogens is 346 g/mol. The van der Waals surface area contributed by atoms with Crippen molar-refractivity contribution in [3.63, 3.8) is 0 Å². The van der Waals surface area contributed by atoms with Crippen molar-refractivity contribution in [1.29, 1.82) is 0 Å². The van der Waals surface area contributed by atoms with Crippen LogP contribution < -0.4 is 5.32 Å². The fraction of sp³-hybridized carbons (Fsp3) is 0.294. The molecule has 1 aromatic heterocycles. The molecule has 0 fully saturated rings. The molecule has 2 aromatic rings. The molecule has 0 aliphatic heterocycles. The number of thiophene rings is 1. The third-order valence-electron chi connectivity index (χ3n) is 3.34. The Bertz CT molecular complexity index is 702. The number of methoxy groups -OCH3 is 1. The number of hydrogen-bond acceptors (Lipinski definition) is 7. The van der Waals surface area contributed by atoms with E-state index in [2.05, 4.69) is 10.1 Å². The van der Waals surface area contributed by atoms with Gasteiger partial charge < -0.3 is 25.0 Å². The number of alkyl carbamates (subject to hydrolysis) is 1. The number of hydrogen-bond donors (Lipinski definition) is 3. The zero-order valence-corrected chi connectivity index (χ0v) is 14.4. The van der Waals surface area contributed by atoms with E-state index in [-0.39, 0.29) is 13.2 Å². The monoisotopic (exact) mass is 365 g/mol. The molecule has 0 bridgehead atoms. The van der Waals surface area contributed by atoms with Gasteiger partial charge in [-0.1, -0.05) is 30.3 Å². The van der Waals surface area contributed by atoms with Crippen LogP contribution in [0.4, 0.5) is 4.79 Å². The Hall–Kier alpha value is -2.42. The van der Waals surface area contributed by atoms with Gasteiger partial charge in [0.15, 0.2) is 0 Å². The standard InChI is InChI=1S/C17H19NO6S/c1-23-16(21)14-8-7-13(25-14)15(20)12(19)9-18-17(22)24-10-11-5-3-2-4-6-11/h2-8,12,15,19-20H,9-10H2,1H3,(H,18,22). The summed E-state index contributed by atoms with van der Waals surface area (Å²) in [5.41, 5.74) is 0.840. The summed E-state index contributed by atoms with van der Waals surface area (Å²) in [6, 6.07) is 12.2. The Morgan fingerprint density at radius 2 is 1.88 bits per heavy atom. The number of carbonyl (C=O) groups is 2. The minimum atomic E-state index is -1.24. The van der Waals surface area contributed by atoms with E-state index >= 15 is 0 Å². The Balaban J connectivity index is 1.78. The molecule has 1 aromatic carbocycles. The summed E-state index contributed by atoms with van der Waals surface area (Å²) < 4.78 is 9.60. The Labute approximate surface area is 148 Å². The highest BCUT2D eigenvalue weighted by Gasteiger charge is 2.22. The van der Waals surface area contributed by atoms with Crippen molar-refractivity contribution in [3.05, 3.63) is 57.8 Å². The first-order valence-corrected chi connectivity index (χ1v) is 8.31. The van der Waals surface area contributed by atoms with Crippen LogP contribution in [-0.2, 0) is 16.1 Å². The quantitative estimate of drug-likeness (QED) is 0.647. The average molecular weight is 365 g/mol. The summed E-state index contributed by atoms with van der Waals surface area (Å²) >= 11 is 1.02.